The molecular weight excluding hydrogens is 380 g/mol. The van der Waals surface area contributed by atoms with E-state index in [1.165, 1.54) is 5.56 Å². The van der Waals surface area contributed by atoms with Crippen LogP contribution in [-0.2, 0) is 22.5 Å². The number of ether oxygens (including phenoxy) is 1. The van der Waals surface area contributed by atoms with Crippen LogP contribution in [0.5, 0.6) is 0 Å². The number of carbonyl (C=O) groups is 2. The Morgan fingerprint density at radius 1 is 1.13 bits per heavy atom. The summed E-state index contributed by atoms with van der Waals surface area (Å²) in [6.07, 6.45) is 3.32. The second-order valence-electron chi connectivity index (χ2n) is 7.52. The molecule has 0 aliphatic heterocycles. The maximum Gasteiger partial charge on any atom is 0.340 e. The van der Waals surface area contributed by atoms with E-state index in [2.05, 4.69) is 17.4 Å². The van der Waals surface area contributed by atoms with Gasteiger partial charge in [0.2, 0.25) is 0 Å². The highest BCUT2D eigenvalue weighted by Gasteiger charge is 2.19. The van der Waals surface area contributed by atoms with E-state index in [1.54, 1.807) is 12.3 Å². The van der Waals surface area contributed by atoms with Crippen LogP contribution in [0.25, 0.3) is 0 Å². The molecule has 0 fully saturated rings. The third-order valence-corrected chi connectivity index (χ3v) is 5.14. The SMILES string of the molecule is Cc1cc(C(=O)OCC(=O)NC(C)CCc2ccccc2)c(C)n1Cc1ccco1. The maximum atomic E-state index is 12.5. The van der Waals surface area contributed by atoms with Crippen molar-refractivity contribution in [3.63, 3.8) is 0 Å². The van der Waals surface area contributed by atoms with Gasteiger partial charge in [0.15, 0.2) is 6.61 Å². The van der Waals surface area contributed by atoms with Crippen molar-refractivity contribution in [2.75, 3.05) is 6.61 Å². The Labute approximate surface area is 176 Å². The van der Waals surface area contributed by atoms with Gasteiger partial charge in [0, 0.05) is 17.4 Å². The van der Waals surface area contributed by atoms with Crippen LogP contribution in [0.4, 0.5) is 0 Å². The van der Waals surface area contributed by atoms with Crippen molar-refractivity contribution < 1.29 is 18.7 Å². The Balaban J connectivity index is 1.48. The maximum absolute atomic E-state index is 12.5. The Hall–Kier alpha value is -3.28. The summed E-state index contributed by atoms with van der Waals surface area (Å²) < 4.78 is 12.6. The lowest BCUT2D eigenvalue weighted by molar-refractivity contribution is -0.124. The van der Waals surface area contributed by atoms with Crippen molar-refractivity contribution in [2.24, 2.45) is 0 Å². The van der Waals surface area contributed by atoms with Crippen molar-refractivity contribution in [3.05, 3.63) is 83.1 Å². The first-order valence-electron chi connectivity index (χ1n) is 10.1. The van der Waals surface area contributed by atoms with E-state index >= 15 is 0 Å². The van der Waals surface area contributed by atoms with Gasteiger partial charge in [-0.05, 0) is 57.4 Å². The van der Waals surface area contributed by atoms with Crippen LogP contribution in [0.1, 0.15) is 46.4 Å². The molecular formula is C24H28N2O4. The Bertz CT molecular complexity index is 974. The Morgan fingerprint density at radius 3 is 2.60 bits per heavy atom. The molecule has 2 aromatic heterocycles. The first kappa shape index (κ1) is 21.4. The number of hydrogen-bond donors (Lipinski definition) is 1. The lowest BCUT2D eigenvalue weighted by Gasteiger charge is -2.14. The number of carbonyl (C=O) groups excluding carboxylic acids is 2. The van der Waals surface area contributed by atoms with Gasteiger partial charge in [-0.2, -0.15) is 0 Å². The quantitative estimate of drug-likeness (QED) is 0.542. The van der Waals surface area contributed by atoms with E-state index in [-0.39, 0.29) is 18.6 Å². The molecule has 3 aromatic rings. The molecule has 1 N–H and O–H groups in total. The molecule has 6 heteroatoms. The van der Waals surface area contributed by atoms with Gasteiger partial charge in [-0.1, -0.05) is 30.3 Å². The van der Waals surface area contributed by atoms with E-state index in [4.69, 9.17) is 9.15 Å². The number of aromatic nitrogens is 1. The summed E-state index contributed by atoms with van der Waals surface area (Å²) >= 11 is 0. The lowest BCUT2D eigenvalue weighted by atomic mass is 10.1. The highest BCUT2D eigenvalue weighted by Crippen LogP contribution is 2.18. The average molecular weight is 408 g/mol. The number of amides is 1. The molecule has 1 atom stereocenters. The molecule has 30 heavy (non-hydrogen) atoms. The van der Waals surface area contributed by atoms with Gasteiger partial charge in [0.25, 0.3) is 5.91 Å². The fraction of sp³-hybridized carbons (Fsp3) is 0.333. The normalized spacial score (nSPS) is 11.8. The molecule has 0 aliphatic carbocycles. The van der Waals surface area contributed by atoms with E-state index in [9.17, 15) is 9.59 Å². The largest absolute Gasteiger partial charge is 0.467 e. The minimum atomic E-state index is -0.499. The van der Waals surface area contributed by atoms with Crippen LogP contribution < -0.4 is 5.32 Å². The Kier molecular flexibility index (Phi) is 7.12. The van der Waals surface area contributed by atoms with Crippen LogP contribution in [0.3, 0.4) is 0 Å². The second kappa shape index (κ2) is 9.96. The summed E-state index contributed by atoms with van der Waals surface area (Å²) in [7, 11) is 0. The van der Waals surface area contributed by atoms with E-state index in [0.717, 1.165) is 30.0 Å². The smallest absolute Gasteiger partial charge is 0.340 e. The van der Waals surface area contributed by atoms with Gasteiger partial charge >= 0.3 is 5.97 Å². The molecule has 0 spiro atoms. The predicted octanol–water partition coefficient (Wildman–Crippen LogP) is 4.04. The van der Waals surface area contributed by atoms with E-state index in [0.29, 0.717) is 12.1 Å². The molecule has 0 aliphatic rings. The standard InChI is InChI=1S/C24H28N2O4/c1-17(11-12-20-8-5-4-6-9-20)25-23(27)16-30-24(28)22-14-18(2)26(19(22)3)15-21-10-7-13-29-21/h4-10,13-14,17H,11-12,15-16H2,1-3H3,(H,25,27). The molecule has 6 nitrogen and oxygen atoms in total. The fourth-order valence-corrected chi connectivity index (χ4v) is 3.43. The molecule has 0 saturated heterocycles. The molecule has 1 aromatic carbocycles. The van der Waals surface area contributed by atoms with Crippen LogP contribution >= 0.6 is 0 Å². The van der Waals surface area contributed by atoms with E-state index in [1.807, 2.05) is 55.7 Å². The average Bonchev–Trinajstić information content (AvgIpc) is 3.35. The van der Waals surface area contributed by atoms with Crippen LogP contribution in [0, 0.1) is 13.8 Å². The van der Waals surface area contributed by atoms with Gasteiger partial charge in [-0.15, -0.1) is 0 Å². The number of nitrogens with one attached hydrogen (secondary N) is 1. The van der Waals surface area contributed by atoms with Crippen LogP contribution in [0.2, 0.25) is 0 Å². The minimum absolute atomic E-state index is 0.00484. The van der Waals surface area contributed by atoms with Gasteiger partial charge in [-0.3, -0.25) is 4.79 Å². The van der Waals surface area contributed by atoms with E-state index < -0.39 is 5.97 Å². The van der Waals surface area contributed by atoms with Crippen molar-refractivity contribution in [2.45, 2.75) is 46.2 Å². The minimum Gasteiger partial charge on any atom is -0.467 e. The molecule has 0 radical (unpaired) electrons. The number of hydrogen-bond acceptors (Lipinski definition) is 4. The van der Waals surface area contributed by atoms with Crippen molar-refractivity contribution in [1.82, 2.24) is 9.88 Å². The topological polar surface area (TPSA) is 73.5 Å². The van der Waals surface area contributed by atoms with Crippen molar-refractivity contribution in [1.29, 1.82) is 0 Å². The highest BCUT2D eigenvalue weighted by atomic mass is 16.5. The molecule has 1 amide bonds. The summed E-state index contributed by atoms with van der Waals surface area (Å²) in [6, 6.07) is 15.6. The summed E-state index contributed by atoms with van der Waals surface area (Å²) in [5.74, 6) is 0.00905. The first-order valence-corrected chi connectivity index (χ1v) is 10.1. The number of benzene rings is 1. The third-order valence-electron chi connectivity index (χ3n) is 5.14. The van der Waals surface area contributed by atoms with Gasteiger partial charge in [-0.25, -0.2) is 4.79 Å². The second-order valence-corrected chi connectivity index (χ2v) is 7.52. The molecule has 2 heterocycles. The molecule has 158 valence electrons. The monoisotopic (exact) mass is 408 g/mol. The number of furan rings is 1. The highest BCUT2D eigenvalue weighted by molar-refractivity contribution is 5.92. The Morgan fingerprint density at radius 2 is 1.90 bits per heavy atom. The van der Waals surface area contributed by atoms with Crippen LogP contribution in [-0.4, -0.2) is 29.1 Å². The summed E-state index contributed by atoms with van der Waals surface area (Å²) in [5, 5.41) is 2.88. The zero-order valence-electron chi connectivity index (χ0n) is 17.7. The number of nitrogens with zero attached hydrogens (tertiary/aromatic N) is 1. The first-order chi connectivity index (χ1) is 14.4. The zero-order valence-corrected chi connectivity index (χ0v) is 17.7. The summed E-state index contributed by atoms with van der Waals surface area (Å²) in [5.41, 5.74) is 3.40. The van der Waals surface area contributed by atoms with Gasteiger partial charge in [0.1, 0.15) is 5.76 Å². The lowest BCUT2D eigenvalue weighted by Crippen LogP contribution is -2.36. The summed E-state index contributed by atoms with van der Waals surface area (Å²) in [4.78, 5) is 24.7. The van der Waals surface area contributed by atoms with Crippen molar-refractivity contribution >= 4 is 11.9 Å². The number of aryl methyl sites for hydroxylation is 2. The number of rotatable bonds is 9. The molecule has 3 rings (SSSR count). The molecule has 1 unspecified atom stereocenters. The fourth-order valence-electron chi connectivity index (χ4n) is 3.43. The molecule has 0 bridgehead atoms. The number of esters is 1. The molecule has 0 saturated carbocycles. The summed E-state index contributed by atoms with van der Waals surface area (Å²) in [6.45, 7) is 5.98. The van der Waals surface area contributed by atoms with Gasteiger partial charge in [0.05, 0.1) is 18.4 Å². The zero-order chi connectivity index (χ0) is 21.5. The predicted molar refractivity (Wildman–Crippen MR) is 114 cm³/mol. The van der Waals surface area contributed by atoms with Crippen LogP contribution in [0.15, 0.2) is 59.2 Å². The van der Waals surface area contributed by atoms with Gasteiger partial charge < -0.3 is 19.0 Å². The third kappa shape index (κ3) is 5.63. The van der Waals surface area contributed by atoms with Crippen molar-refractivity contribution in [3.8, 4) is 0 Å².